The summed E-state index contributed by atoms with van der Waals surface area (Å²) >= 11 is 0. The highest BCUT2D eigenvalue weighted by Crippen LogP contribution is 2.38. The second kappa shape index (κ2) is 9.73. The van der Waals surface area contributed by atoms with Crippen LogP contribution in [0.25, 0.3) is 0 Å². The largest absolute Gasteiger partial charge is 0.373 e. The van der Waals surface area contributed by atoms with E-state index in [0.29, 0.717) is 6.61 Å². The SMILES string of the molecule is CCCCCC1CCC(c2ccc(C3COC(CC)CO3)cc2)CC1. The monoisotopic (exact) mass is 344 g/mol. The summed E-state index contributed by atoms with van der Waals surface area (Å²) in [5, 5.41) is 0. The summed E-state index contributed by atoms with van der Waals surface area (Å²) in [5.74, 6) is 1.76. The van der Waals surface area contributed by atoms with Gasteiger partial charge in [-0.05, 0) is 55.1 Å². The summed E-state index contributed by atoms with van der Waals surface area (Å²) in [4.78, 5) is 0. The number of unbranched alkanes of at least 4 members (excludes halogenated alkanes) is 2. The predicted octanol–water partition coefficient (Wildman–Crippen LogP) is 6.41. The maximum Gasteiger partial charge on any atom is 0.106 e. The first-order valence-corrected chi connectivity index (χ1v) is 10.6. The summed E-state index contributed by atoms with van der Waals surface area (Å²) in [5.41, 5.74) is 2.80. The number of benzene rings is 1. The van der Waals surface area contributed by atoms with E-state index in [1.54, 1.807) is 0 Å². The molecule has 2 heteroatoms. The van der Waals surface area contributed by atoms with Crippen molar-refractivity contribution in [3.63, 3.8) is 0 Å². The molecule has 2 nitrogen and oxygen atoms in total. The van der Waals surface area contributed by atoms with Gasteiger partial charge in [-0.25, -0.2) is 0 Å². The summed E-state index contributed by atoms with van der Waals surface area (Å²) in [7, 11) is 0. The van der Waals surface area contributed by atoms with Crippen molar-refractivity contribution in [1.29, 1.82) is 0 Å². The fraction of sp³-hybridized carbons (Fsp3) is 0.739. The molecule has 3 rings (SSSR count). The average molecular weight is 345 g/mol. The van der Waals surface area contributed by atoms with Gasteiger partial charge in [-0.2, -0.15) is 0 Å². The Morgan fingerprint density at radius 3 is 2.16 bits per heavy atom. The van der Waals surface area contributed by atoms with Gasteiger partial charge in [0.25, 0.3) is 0 Å². The lowest BCUT2D eigenvalue weighted by Crippen LogP contribution is -2.30. The third-order valence-corrected chi connectivity index (χ3v) is 6.26. The van der Waals surface area contributed by atoms with E-state index < -0.39 is 0 Å². The Hall–Kier alpha value is -0.860. The van der Waals surface area contributed by atoms with Crippen molar-refractivity contribution in [2.45, 2.75) is 89.8 Å². The molecule has 0 aromatic heterocycles. The van der Waals surface area contributed by atoms with Crippen LogP contribution < -0.4 is 0 Å². The third-order valence-electron chi connectivity index (χ3n) is 6.26. The van der Waals surface area contributed by atoms with Gasteiger partial charge in [0.1, 0.15) is 6.10 Å². The summed E-state index contributed by atoms with van der Waals surface area (Å²) in [6, 6.07) is 9.21. The number of hydrogen-bond acceptors (Lipinski definition) is 2. The van der Waals surface area contributed by atoms with E-state index in [1.165, 1.54) is 62.5 Å². The highest BCUT2D eigenvalue weighted by molar-refractivity contribution is 5.27. The van der Waals surface area contributed by atoms with Gasteiger partial charge in [0.2, 0.25) is 0 Å². The molecule has 2 unspecified atom stereocenters. The molecule has 1 aliphatic heterocycles. The van der Waals surface area contributed by atoms with Crippen LogP contribution in [0.1, 0.15) is 94.8 Å². The Balaban J connectivity index is 1.47. The Kier molecular flexibility index (Phi) is 7.36. The van der Waals surface area contributed by atoms with Crippen molar-refractivity contribution in [2.75, 3.05) is 13.2 Å². The van der Waals surface area contributed by atoms with E-state index in [0.717, 1.165) is 24.9 Å². The first kappa shape index (κ1) is 18.9. The van der Waals surface area contributed by atoms with Crippen LogP contribution in [-0.4, -0.2) is 19.3 Å². The smallest absolute Gasteiger partial charge is 0.106 e. The molecule has 2 aliphatic rings. The van der Waals surface area contributed by atoms with E-state index >= 15 is 0 Å². The highest BCUT2D eigenvalue weighted by Gasteiger charge is 2.24. The minimum atomic E-state index is 0.117. The van der Waals surface area contributed by atoms with Crippen LogP contribution in [0.3, 0.4) is 0 Å². The van der Waals surface area contributed by atoms with Gasteiger partial charge >= 0.3 is 0 Å². The van der Waals surface area contributed by atoms with Gasteiger partial charge in [0.05, 0.1) is 19.3 Å². The second-order valence-corrected chi connectivity index (χ2v) is 8.07. The number of rotatable bonds is 7. The van der Waals surface area contributed by atoms with Crippen LogP contribution in [0.4, 0.5) is 0 Å². The Morgan fingerprint density at radius 2 is 1.56 bits per heavy atom. The molecule has 25 heavy (non-hydrogen) atoms. The van der Waals surface area contributed by atoms with Crippen LogP contribution >= 0.6 is 0 Å². The van der Waals surface area contributed by atoms with Gasteiger partial charge in [-0.15, -0.1) is 0 Å². The van der Waals surface area contributed by atoms with Gasteiger partial charge < -0.3 is 9.47 Å². The van der Waals surface area contributed by atoms with Crippen molar-refractivity contribution >= 4 is 0 Å². The Bertz CT molecular complexity index is 479. The molecule has 0 spiro atoms. The number of hydrogen-bond donors (Lipinski definition) is 0. The van der Waals surface area contributed by atoms with Crippen molar-refractivity contribution in [3.05, 3.63) is 35.4 Å². The molecule has 0 radical (unpaired) electrons. The summed E-state index contributed by atoms with van der Waals surface area (Å²) < 4.78 is 11.9. The van der Waals surface area contributed by atoms with Crippen LogP contribution in [0, 0.1) is 5.92 Å². The highest BCUT2D eigenvalue weighted by atomic mass is 16.6. The van der Waals surface area contributed by atoms with Crippen molar-refractivity contribution in [3.8, 4) is 0 Å². The zero-order valence-corrected chi connectivity index (χ0v) is 16.2. The molecule has 1 saturated carbocycles. The zero-order chi connectivity index (χ0) is 17.5. The van der Waals surface area contributed by atoms with Gasteiger partial charge in [0, 0.05) is 0 Å². The molecular weight excluding hydrogens is 308 g/mol. The molecule has 2 fully saturated rings. The maximum absolute atomic E-state index is 5.99. The predicted molar refractivity (Wildman–Crippen MR) is 104 cm³/mol. The molecule has 1 aliphatic carbocycles. The molecule has 1 saturated heterocycles. The van der Waals surface area contributed by atoms with Crippen LogP contribution in [0.2, 0.25) is 0 Å². The fourth-order valence-corrected chi connectivity index (χ4v) is 4.42. The first-order chi connectivity index (χ1) is 12.3. The Labute approximate surface area is 154 Å². The second-order valence-electron chi connectivity index (χ2n) is 8.07. The van der Waals surface area contributed by atoms with Crippen molar-refractivity contribution < 1.29 is 9.47 Å². The van der Waals surface area contributed by atoms with E-state index in [4.69, 9.17) is 9.47 Å². The lowest BCUT2D eigenvalue weighted by atomic mass is 9.77. The van der Waals surface area contributed by atoms with E-state index in [1.807, 2.05) is 0 Å². The summed E-state index contributed by atoms with van der Waals surface area (Å²) in [6.07, 6.45) is 12.7. The fourth-order valence-electron chi connectivity index (χ4n) is 4.42. The lowest BCUT2D eigenvalue weighted by Gasteiger charge is -2.30. The molecule has 2 atom stereocenters. The molecular formula is C23H36O2. The average Bonchev–Trinajstić information content (AvgIpc) is 2.69. The lowest BCUT2D eigenvalue weighted by molar-refractivity contribution is -0.135. The quantitative estimate of drug-likeness (QED) is 0.532. The van der Waals surface area contributed by atoms with Gasteiger partial charge in [-0.3, -0.25) is 0 Å². The normalized spacial score (nSPS) is 30.3. The molecule has 140 valence electrons. The van der Waals surface area contributed by atoms with Gasteiger partial charge in [-0.1, -0.05) is 63.8 Å². The zero-order valence-electron chi connectivity index (χ0n) is 16.2. The van der Waals surface area contributed by atoms with Crippen molar-refractivity contribution in [2.24, 2.45) is 5.92 Å². The third kappa shape index (κ3) is 5.31. The molecule has 0 bridgehead atoms. The summed E-state index contributed by atoms with van der Waals surface area (Å²) in [6.45, 7) is 5.88. The van der Waals surface area contributed by atoms with E-state index in [2.05, 4.69) is 38.1 Å². The molecule has 1 aromatic rings. The minimum Gasteiger partial charge on any atom is -0.373 e. The van der Waals surface area contributed by atoms with E-state index in [9.17, 15) is 0 Å². The molecule has 1 heterocycles. The number of ether oxygens (including phenoxy) is 2. The Morgan fingerprint density at radius 1 is 0.840 bits per heavy atom. The van der Waals surface area contributed by atoms with E-state index in [-0.39, 0.29) is 12.2 Å². The van der Waals surface area contributed by atoms with Crippen LogP contribution in [0.15, 0.2) is 24.3 Å². The van der Waals surface area contributed by atoms with Gasteiger partial charge in [0.15, 0.2) is 0 Å². The van der Waals surface area contributed by atoms with Crippen molar-refractivity contribution in [1.82, 2.24) is 0 Å². The molecule has 0 amide bonds. The minimum absolute atomic E-state index is 0.117. The first-order valence-electron chi connectivity index (χ1n) is 10.6. The topological polar surface area (TPSA) is 18.5 Å². The molecule has 1 aromatic carbocycles. The van der Waals surface area contributed by atoms with Crippen LogP contribution in [-0.2, 0) is 9.47 Å². The standard InChI is InChI=1S/C23H36O2/c1-3-5-6-7-18-8-10-19(11-9-18)20-12-14-21(15-13-20)23-17-24-22(4-2)16-25-23/h12-15,18-19,22-23H,3-11,16-17H2,1-2H3. The maximum atomic E-state index is 5.99. The van der Waals surface area contributed by atoms with Crippen LogP contribution in [0.5, 0.6) is 0 Å². The molecule has 0 N–H and O–H groups in total.